The smallest absolute Gasteiger partial charge is 0.324 e. The van der Waals surface area contributed by atoms with Gasteiger partial charge in [-0.1, -0.05) is 28.9 Å². The zero-order chi connectivity index (χ0) is 16.5. The molecule has 0 rings (SSSR count). The highest BCUT2D eigenvalue weighted by Crippen LogP contribution is 2.34. The zero-order valence-corrected chi connectivity index (χ0v) is 14.3. The number of hydrogen-bond acceptors (Lipinski definition) is 2. The molecule has 4 nitrogen and oxygen atoms in total. The van der Waals surface area contributed by atoms with Gasteiger partial charge in [0.15, 0.2) is 5.78 Å². The molecule has 0 aromatic carbocycles. The molecule has 120 valence electrons. The lowest BCUT2D eigenvalue weighted by Crippen LogP contribution is -2.02. The van der Waals surface area contributed by atoms with Crippen molar-refractivity contribution in [3.8, 4) is 0 Å². The largest absolute Gasteiger partial charge is 0.333 e. The highest BCUT2D eigenvalue weighted by Gasteiger charge is 2.17. The summed E-state index contributed by atoms with van der Waals surface area (Å²) in [6.07, 6.45) is 8.64. The average molecular weight is 314 g/mol. The lowest BCUT2D eigenvalue weighted by atomic mass is 10.1. The summed E-state index contributed by atoms with van der Waals surface area (Å²) in [5, 5.41) is 0. The summed E-state index contributed by atoms with van der Waals surface area (Å²) < 4.78 is 10.7. The van der Waals surface area contributed by atoms with Gasteiger partial charge in [-0.3, -0.25) is 9.36 Å². The number of hydrogen-bond donors (Lipinski definition) is 2. The second-order valence-electron chi connectivity index (χ2n) is 5.69. The predicted molar refractivity (Wildman–Crippen MR) is 87.3 cm³/mol. The molecule has 0 aromatic heterocycles. The van der Waals surface area contributed by atoms with Crippen molar-refractivity contribution in [1.82, 2.24) is 0 Å². The molecule has 0 unspecified atom stereocenters. The van der Waals surface area contributed by atoms with Crippen LogP contribution in [0.25, 0.3) is 0 Å². The van der Waals surface area contributed by atoms with E-state index in [2.05, 4.69) is 32.9 Å². The van der Waals surface area contributed by atoms with Gasteiger partial charge in [0.2, 0.25) is 0 Å². The molecule has 0 fully saturated rings. The number of allylic oxidation sites excluding steroid dienone is 6. The molecule has 0 heterocycles. The Morgan fingerprint density at radius 3 is 2.00 bits per heavy atom. The second-order valence-corrected chi connectivity index (χ2v) is 7.33. The maximum Gasteiger partial charge on any atom is 0.333 e. The average Bonchev–Trinajstić information content (AvgIpc) is 2.25. The van der Waals surface area contributed by atoms with Crippen LogP contribution in [0.2, 0.25) is 0 Å². The summed E-state index contributed by atoms with van der Waals surface area (Å²) in [6, 6.07) is 0. The molecular formula is C16H27O4P. The SMILES string of the molecule is CC(C)=CCCC(C)=CCCC(C)=CC(=O)CP(=O)(O)O. The van der Waals surface area contributed by atoms with Gasteiger partial charge < -0.3 is 9.79 Å². The second kappa shape index (κ2) is 9.88. The van der Waals surface area contributed by atoms with E-state index in [1.54, 1.807) is 0 Å². The molecular weight excluding hydrogens is 287 g/mol. The molecule has 21 heavy (non-hydrogen) atoms. The Hall–Kier alpha value is -0.960. The molecule has 0 aromatic rings. The van der Waals surface area contributed by atoms with Crippen LogP contribution in [-0.2, 0) is 9.36 Å². The van der Waals surface area contributed by atoms with Gasteiger partial charge >= 0.3 is 7.60 Å². The van der Waals surface area contributed by atoms with Crippen LogP contribution in [0.1, 0.15) is 53.4 Å². The van der Waals surface area contributed by atoms with E-state index >= 15 is 0 Å². The van der Waals surface area contributed by atoms with Gasteiger partial charge in [-0.2, -0.15) is 0 Å². The number of ketones is 1. The van der Waals surface area contributed by atoms with Crippen LogP contribution in [0.15, 0.2) is 34.9 Å². The fourth-order valence-electron chi connectivity index (χ4n) is 1.83. The van der Waals surface area contributed by atoms with Crippen LogP contribution in [0.3, 0.4) is 0 Å². The Labute approximate surface area is 127 Å². The first-order valence-corrected chi connectivity index (χ1v) is 8.93. The van der Waals surface area contributed by atoms with Crippen molar-refractivity contribution < 1.29 is 19.1 Å². The van der Waals surface area contributed by atoms with E-state index in [9.17, 15) is 9.36 Å². The fraction of sp³-hybridized carbons (Fsp3) is 0.562. The molecule has 0 aliphatic rings. The van der Waals surface area contributed by atoms with Gasteiger partial charge in [0.25, 0.3) is 0 Å². The third-order valence-corrected chi connectivity index (χ3v) is 3.62. The Balaban J connectivity index is 4.18. The minimum atomic E-state index is -4.25. The Bertz CT molecular complexity index is 477. The molecule has 0 radical (unpaired) electrons. The van der Waals surface area contributed by atoms with Gasteiger partial charge in [-0.15, -0.1) is 0 Å². The van der Waals surface area contributed by atoms with E-state index in [0.717, 1.165) is 31.3 Å². The molecule has 0 aliphatic carbocycles. The van der Waals surface area contributed by atoms with Crippen molar-refractivity contribution in [2.24, 2.45) is 0 Å². The van der Waals surface area contributed by atoms with Crippen LogP contribution >= 0.6 is 7.60 Å². The Morgan fingerprint density at radius 2 is 1.48 bits per heavy atom. The summed E-state index contributed by atoms with van der Waals surface area (Å²) in [7, 11) is -4.25. The van der Waals surface area contributed by atoms with Gasteiger partial charge in [0.1, 0.15) is 6.16 Å². The zero-order valence-electron chi connectivity index (χ0n) is 13.4. The molecule has 0 saturated carbocycles. The van der Waals surface area contributed by atoms with Crippen molar-refractivity contribution in [2.75, 3.05) is 6.16 Å². The minimum Gasteiger partial charge on any atom is -0.324 e. The van der Waals surface area contributed by atoms with E-state index in [0.29, 0.717) is 0 Å². The van der Waals surface area contributed by atoms with E-state index in [4.69, 9.17) is 9.79 Å². The predicted octanol–water partition coefficient (Wildman–Crippen LogP) is 4.15. The molecule has 5 heteroatoms. The normalized spacial score (nSPS) is 13.2. The van der Waals surface area contributed by atoms with Gasteiger partial charge in [-0.05, 0) is 59.5 Å². The quantitative estimate of drug-likeness (QED) is 0.381. The van der Waals surface area contributed by atoms with Crippen LogP contribution in [0.4, 0.5) is 0 Å². The summed E-state index contributed by atoms with van der Waals surface area (Å²) in [6.45, 7) is 8.07. The first-order valence-electron chi connectivity index (χ1n) is 7.13. The lowest BCUT2D eigenvalue weighted by Gasteiger charge is -2.02. The van der Waals surface area contributed by atoms with Crippen molar-refractivity contribution >= 4 is 13.4 Å². The highest BCUT2D eigenvalue weighted by molar-refractivity contribution is 7.52. The van der Waals surface area contributed by atoms with E-state index in [-0.39, 0.29) is 0 Å². The monoisotopic (exact) mass is 314 g/mol. The van der Waals surface area contributed by atoms with Crippen molar-refractivity contribution in [3.63, 3.8) is 0 Å². The van der Waals surface area contributed by atoms with Crippen LogP contribution in [0, 0.1) is 0 Å². The van der Waals surface area contributed by atoms with E-state index in [1.807, 2.05) is 6.92 Å². The highest BCUT2D eigenvalue weighted by atomic mass is 31.2. The van der Waals surface area contributed by atoms with Crippen molar-refractivity contribution in [2.45, 2.75) is 53.4 Å². The minimum absolute atomic E-state index is 0.509. The molecule has 2 N–H and O–H groups in total. The Morgan fingerprint density at radius 1 is 0.952 bits per heavy atom. The standard InChI is InChI=1S/C16H27O4P/c1-13(2)7-5-8-14(3)9-6-10-15(4)11-16(17)12-21(18,19)20/h7,9,11H,5-6,8,10,12H2,1-4H3,(H2,18,19,20). The molecule has 0 aliphatic heterocycles. The Kier molecular flexibility index (Phi) is 9.43. The topological polar surface area (TPSA) is 74.6 Å². The summed E-state index contributed by atoms with van der Waals surface area (Å²) in [4.78, 5) is 28.8. The number of carbonyl (C=O) groups is 1. The van der Waals surface area contributed by atoms with Gasteiger partial charge in [0.05, 0.1) is 0 Å². The van der Waals surface area contributed by atoms with Crippen LogP contribution < -0.4 is 0 Å². The maximum absolute atomic E-state index is 11.4. The van der Waals surface area contributed by atoms with Crippen molar-refractivity contribution in [3.05, 3.63) is 34.9 Å². The summed E-state index contributed by atoms with van der Waals surface area (Å²) >= 11 is 0. The molecule has 0 spiro atoms. The van der Waals surface area contributed by atoms with Gasteiger partial charge in [0, 0.05) is 0 Å². The van der Waals surface area contributed by atoms with E-state index in [1.165, 1.54) is 17.2 Å². The van der Waals surface area contributed by atoms with Gasteiger partial charge in [-0.25, -0.2) is 0 Å². The summed E-state index contributed by atoms with van der Waals surface area (Å²) in [5.74, 6) is -0.509. The molecule has 0 atom stereocenters. The molecule has 0 saturated heterocycles. The van der Waals surface area contributed by atoms with Crippen LogP contribution in [0.5, 0.6) is 0 Å². The first kappa shape index (κ1) is 20.0. The van der Waals surface area contributed by atoms with Crippen LogP contribution in [-0.4, -0.2) is 21.7 Å². The first-order chi connectivity index (χ1) is 9.60. The van der Waals surface area contributed by atoms with Crippen molar-refractivity contribution in [1.29, 1.82) is 0 Å². The maximum atomic E-state index is 11.4. The molecule has 0 bridgehead atoms. The molecule has 0 amide bonds. The number of rotatable bonds is 9. The van der Waals surface area contributed by atoms with E-state index < -0.39 is 19.5 Å². The fourth-order valence-corrected chi connectivity index (χ4v) is 2.33. The summed E-state index contributed by atoms with van der Waals surface area (Å²) in [5.41, 5.74) is 3.49. The third kappa shape index (κ3) is 13.8. The third-order valence-electron chi connectivity index (χ3n) is 2.89. The number of carbonyl (C=O) groups excluding carboxylic acids is 1. The lowest BCUT2D eigenvalue weighted by molar-refractivity contribution is -0.112.